The highest BCUT2D eigenvalue weighted by molar-refractivity contribution is 7.18. The van der Waals surface area contributed by atoms with Gasteiger partial charge in [0.1, 0.15) is 6.04 Å². The average molecular weight is 350 g/mol. The zero-order valence-corrected chi connectivity index (χ0v) is 14.1. The third kappa shape index (κ3) is 2.97. The van der Waals surface area contributed by atoms with Crippen molar-refractivity contribution >= 4 is 40.4 Å². The molecular weight excluding hydrogens is 334 g/mol. The summed E-state index contributed by atoms with van der Waals surface area (Å²) >= 11 is 7.29. The molecule has 1 aromatic carbocycles. The third-order valence-electron chi connectivity index (χ3n) is 3.91. The lowest BCUT2D eigenvalue weighted by atomic mass is 10.1. The Labute approximate surface area is 143 Å². The highest BCUT2D eigenvalue weighted by Gasteiger charge is 2.31. The van der Waals surface area contributed by atoms with Crippen molar-refractivity contribution in [2.24, 2.45) is 5.73 Å². The van der Waals surface area contributed by atoms with Crippen molar-refractivity contribution in [2.45, 2.75) is 26.1 Å². The number of carbonyl (C=O) groups is 2. The number of thiophene rings is 1. The maximum atomic E-state index is 12.9. The highest BCUT2D eigenvalue weighted by atomic mass is 35.5. The van der Waals surface area contributed by atoms with Crippen molar-refractivity contribution in [1.82, 2.24) is 4.90 Å². The van der Waals surface area contributed by atoms with E-state index in [1.807, 2.05) is 24.3 Å². The lowest BCUT2D eigenvalue weighted by Crippen LogP contribution is -2.43. The summed E-state index contributed by atoms with van der Waals surface area (Å²) in [5.74, 6) is -0.416. The van der Waals surface area contributed by atoms with E-state index in [9.17, 15) is 9.59 Å². The summed E-state index contributed by atoms with van der Waals surface area (Å²) in [6.07, 6.45) is 0. The number of anilines is 1. The van der Waals surface area contributed by atoms with E-state index in [4.69, 9.17) is 17.3 Å². The molecule has 3 N–H and O–H groups in total. The quantitative estimate of drug-likeness (QED) is 0.875. The van der Waals surface area contributed by atoms with E-state index >= 15 is 0 Å². The number of carbonyl (C=O) groups excluding carboxylic acids is 2. The van der Waals surface area contributed by atoms with E-state index in [-0.39, 0.29) is 18.4 Å². The molecule has 2 heterocycles. The number of nitrogens with zero attached hydrogens (tertiary/aromatic N) is 1. The van der Waals surface area contributed by atoms with Crippen molar-refractivity contribution in [3.63, 3.8) is 0 Å². The second-order valence-electron chi connectivity index (χ2n) is 5.37. The Morgan fingerprint density at radius 3 is 2.91 bits per heavy atom. The van der Waals surface area contributed by atoms with E-state index in [2.05, 4.69) is 5.32 Å². The normalized spacial score (nSPS) is 17.4. The van der Waals surface area contributed by atoms with E-state index in [0.29, 0.717) is 15.8 Å². The van der Waals surface area contributed by atoms with Crippen molar-refractivity contribution in [1.29, 1.82) is 0 Å². The van der Waals surface area contributed by atoms with Crippen LogP contribution in [-0.4, -0.2) is 22.8 Å². The molecule has 7 heteroatoms. The van der Waals surface area contributed by atoms with Gasteiger partial charge in [0.05, 0.1) is 9.21 Å². The SMILES string of the molecule is CC1C(=O)Nc2ccccc2CN1C(=O)c1cc(CN)c(Cl)s1. The first-order chi connectivity index (χ1) is 11.0. The van der Waals surface area contributed by atoms with Gasteiger partial charge in [-0.2, -0.15) is 0 Å². The zero-order chi connectivity index (χ0) is 16.6. The van der Waals surface area contributed by atoms with Crippen LogP contribution in [0.25, 0.3) is 0 Å². The first-order valence-electron chi connectivity index (χ1n) is 7.19. The van der Waals surface area contributed by atoms with E-state index in [0.717, 1.165) is 16.8 Å². The number of benzene rings is 1. The third-order valence-corrected chi connectivity index (χ3v) is 5.34. The molecule has 0 saturated heterocycles. The summed E-state index contributed by atoms with van der Waals surface area (Å²) in [7, 11) is 0. The molecule has 0 aliphatic carbocycles. The van der Waals surface area contributed by atoms with Gasteiger partial charge in [-0.15, -0.1) is 11.3 Å². The second-order valence-corrected chi connectivity index (χ2v) is 7.02. The molecule has 1 unspecified atom stereocenters. The van der Waals surface area contributed by atoms with Crippen LogP contribution in [0.1, 0.15) is 27.7 Å². The van der Waals surface area contributed by atoms with Gasteiger partial charge < -0.3 is 16.0 Å². The van der Waals surface area contributed by atoms with Crippen LogP contribution in [0.4, 0.5) is 5.69 Å². The van der Waals surface area contributed by atoms with Crippen LogP contribution in [0.5, 0.6) is 0 Å². The van der Waals surface area contributed by atoms with Gasteiger partial charge in [-0.05, 0) is 30.2 Å². The number of nitrogens with two attached hydrogens (primary N) is 1. The fraction of sp³-hybridized carbons (Fsp3) is 0.250. The van der Waals surface area contributed by atoms with Gasteiger partial charge in [-0.3, -0.25) is 9.59 Å². The molecule has 3 rings (SSSR count). The van der Waals surface area contributed by atoms with E-state index < -0.39 is 6.04 Å². The summed E-state index contributed by atoms with van der Waals surface area (Å²) in [5.41, 5.74) is 8.00. The number of amides is 2. The highest BCUT2D eigenvalue weighted by Crippen LogP contribution is 2.30. The summed E-state index contributed by atoms with van der Waals surface area (Å²) in [5, 5.41) is 2.86. The average Bonchev–Trinajstić information content (AvgIpc) is 2.87. The molecule has 2 aromatic rings. The fourth-order valence-corrected chi connectivity index (χ4v) is 3.77. The van der Waals surface area contributed by atoms with Crippen molar-refractivity contribution in [3.05, 3.63) is 50.7 Å². The van der Waals surface area contributed by atoms with Crippen LogP contribution in [0.3, 0.4) is 0 Å². The Hall–Kier alpha value is -1.89. The number of hydrogen-bond acceptors (Lipinski definition) is 4. The monoisotopic (exact) mass is 349 g/mol. The number of para-hydroxylation sites is 1. The number of hydrogen-bond donors (Lipinski definition) is 2. The van der Waals surface area contributed by atoms with Crippen LogP contribution >= 0.6 is 22.9 Å². The van der Waals surface area contributed by atoms with Gasteiger partial charge in [0.15, 0.2) is 0 Å². The molecule has 0 spiro atoms. The smallest absolute Gasteiger partial charge is 0.264 e. The largest absolute Gasteiger partial charge is 0.326 e. The van der Waals surface area contributed by atoms with Gasteiger partial charge >= 0.3 is 0 Å². The summed E-state index contributed by atoms with van der Waals surface area (Å²) in [6.45, 7) is 2.36. The lowest BCUT2D eigenvalue weighted by molar-refractivity contribution is -0.119. The van der Waals surface area contributed by atoms with Gasteiger partial charge in [0, 0.05) is 18.8 Å². The van der Waals surface area contributed by atoms with E-state index in [1.165, 1.54) is 11.3 Å². The topological polar surface area (TPSA) is 75.4 Å². The van der Waals surface area contributed by atoms with Crippen molar-refractivity contribution in [2.75, 3.05) is 5.32 Å². The fourth-order valence-electron chi connectivity index (χ4n) is 2.52. The Morgan fingerprint density at radius 2 is 2.22 bits per heavy atom. The first kappa shape index (κ1) is 16.0. The Morgan fingerprint density at radius 1 is 1.48 bits per heavy atom. The van der Waals surface area contributed by atoms with Crippen LogP contribution in [0.2, 0.25) is 4.34 Å². The van der Waals surface area contributed by atoms with Crippen LogP contribution in [0, 0.1) is 0 Å². The Kier molecular flexibility index (Phi) is 4.39. The van der Waals surface area contributed by atoms with Gasteiger partial charge in [0.2, 0.25) is 5.91 Å². The predicted octanol–water partition coefficient (Wildman–Crippen LogP) is 2.84. The van der Waals surface area contributed by atoms with Gasteiger partial charge in [-0.1, -0.05) is 29.8 Å². The van der Waals surface area contributed by atoms with E-state index in [1.54, 1.807) is 17.9 Å². The summed E-state index contributed by atoms with van der Waals surface area (Å²) in [6, 6.07) is 8.61. The Bertz CT molecular complexity index is 774. The number of fused-ring (bicyclic) bond motifs is 1. The molecule has 0 radical (unpaired) electrons. The number of halogens is 1. The second kappa shape index (κ2) is 6.31. The van der Waals surface area contributed by atoms with Crippen LogP contribution in [0.15, 0.2) is 30.3 Å². The van der Waals surface area contributed by atoms with Crippen LogP contribution < -0.4 is 11.1 Å². The summed E-state index contributed by atoms with van der Waals surface area (Å²) < 4.78 is 0.517. The maximum Gasteiger partial charge on any atom is 0.264 e. The van der Waals surface area contributed by atoms with Crippen molar-refractivity contribution in [3.8, 4) is 0 Å². The molecule has 23 heavy (non-hydrogen) atoms. The molecule has 0 saturated carbocycles. The number of nitrogens with one attached hydrogen (secondary N) is 1. The zero-order valence-electron chi connectivity index (χ0n) is 12.5. The van der Waals surface area contributed by atoms with Gasteiger partial charge in [-0.25, -0.2) is 0 Å². The van der Waals surface area contributed by atoms with Crippen molar-refractivity contribution < 1.29 is 9.59 Å². The standard InChI is InChI=1S/C16H16ClN3O2S/c1-9-15(21)19-12-5-3-2-4-10(12)8-20(9)16(22)13-6-11(7-18)14(17)23-13/h2-6,9H,7-8,18H2,1H3,(H,19,21). The molecule has 1 aliphatic heterocycles. The Balaban J connectivity index is 1.96. The first-order valence-corrected chi connectivity index (χ1v) is 8.38. The van der Waals surface area contributed by atoms with Gasteiger partial charge in [0.25, 0.3) is 5.91 Å². The van der Waals surface area contributed by atoms with Crippen LogP contribution in [-0.2, 0) is 17.9 Å². The molecule has 1 aliphatic rings. The number of rotatable bonds is 2. The minimum atomic E-state index is -0.572. The summed E-state index contributed by atoms with van der Waals surface area (Å²) in [4.78, 5) is 27.2. The minimum absolute atomic E-state index is 0.204. The molecular formula is C16H16ClN3O2S. The molecule has 2 amide bonds. The molecule has 0 fully saturated rings. The molecule has 5 nitrogen and oxygen atoms in total. The lowest BCUT2D eigenvalue weighted by Gasteiger charge is -2.25. The molecule has 0 bridgehead atoms. The predicted molar refractivity (Wildman–Crippen MR) is 91.6 cm³/mol. The molecule has 120 valence electrons. The molecule has 1 atom stereocenters. The minimum Gasteiger partial charge on any atom is -0.326 e. The maximum absolute atomic E-state index is 12.9. The molecule has 1 aromatic heterocycles.